The quantitative estimate of drug-likeness (QED) is 0.890. The average Bonchev–Trinajstić information content (AvgIpc) is 2.68. The van der Waals surface area contributed by atoms with Crippen molar-refractivity contribution in [2.24, 2.45) is 0 Å². The lowest BCUT2D eigenvalue weighted by Gasteiger charge is -2.07. The molecule has 0 aliphatic heterocycles. The monoisotopic (exact) mass is 262 g/mol. The largest absolute Gasteiger partial charge is 0.395 e. The van der Waals surface area contributed by atoms with E-state index in [1.54, 1.807) is 11.6 Å². The van der Waals surface area contributed by atoms with Crippen LogP contribution in [0.25, 0.3) is 0 Å². The van der Waals surface area contributed by atoms with Crippen molar-refractivity contribution in [2.45, 2.75) is 20.4 Å². The number of aryl methyl sites for hydroxylation is 2. The minimum atomic E-state index is -0.355. The first kappa shape index (κ1) is 13.1. The highest BCUT2D eigenvalue weighted by Crippen LogP contribution is 2.18. The van der Waals surface area contributed by atoms with Crippen molar-refractivity contribution in [3.05, 3.63) is 41.5 Å². The number of benzene rings is 1. The van der Waals surface area contributed by atoms with Gasteiger partial charge in [0.1, 0.15) is 11.5 Å². The van der Waals surface area contributed by atoms with Gasteiger partial charge in [-0.2, -0.15) is 5.10 Å². The van der Waals surface area contributed by atoms with E-state index in [1.165, 1.54) is 24.3 Å². The van der Waals surface area contributed by atoms with Gasteiger partial charge in [-0.15, -0.1) is 0 Å². The van der Waals surface area contributed by atoms with E-state index in [4.69, 9.17) is 5.73 Å². The Morgan fingerprint density at radius 3 is 2.63 bits per heavy atom. The van der Waals surface area contributed by atoms with Crippen molar-refractivity contribution >= 4 is 17.3 Å². The van der Waals surface area contributed by atoms with E-state index < -0.39 is 0 Å². The molecule has 3 N–H and O–H groups in total. The van der Waals surface area contributed by atoms with Crippen molar-refractivity contribution < 1.29 is 9.18 Å². The van der Waals surface area contributed by atoms with Crippen molar-refractivity contribution in [3.8, 4) is 0 Å². The fourth-order valence-electron chi connectivity index (χ4n) is 1.79. The molecule has 0 saturated carbocycles. The van der Waals surface area contributed by atoms with Crippen LogP contribution < -0.4 is 11.1 Å². The fourth-order valence-corrected chi connectivity index (χ4v) is 1.79. The number of carbonyl (C=O) groups is 1. The molecule has 1 aromatic carbocycles. The van der Waals surface area contributed by atoms with Crippen LogP contribution in [0.2, 0.25) is 0 Å². The third-order valence-corrected chi connectivity index (χ3v) is 2.79. The number of carbonyl (C=O) groups excluding carboxylic acids is 1. The van der Waals surface area contributed by atoms with Crippen LogP contribution in [0.5, 0.6) is 0 Å². The van der Waals surface area contributed by atoms with Gasteiger partial charge < -0.3 is 11.1 Å². The molecule has 2 aromatic rings. The van der Waals surface area contributed by atoms with Gasteiger partial charge in [0, 0.05) is 12.2 Å². The Balaban J connectivity index is 2.27. The molecular formula is C13H15FN4O. The summed E-state index contributed by atoms with van der Waals surface area (Å²) in [7, 11) is 0. The number of anilines is 2. The number of hydrogen-bond donors (Lipinski definition) is 2. The summed E-state index contributed by atoms with van der Waals surface area (Å²) >= 11 is 0. The smallest absolute Gasteiger partial charge is 0.276 e. The van der Waals surface area contributed by atoms with Gasteiger partial charge in [0.05, 0.1) is 11.4 Å². The molecule has 1 aromatic heterocycles. The van der Waals surface area contributed by atoms with Crippen LogP contribution in [0.15, 0.2) is 24.3 Å². The molecular weight excluding hydrogens is 247 g/mol. The Labute approximate surface area is 110 Å². The average molecular weight is 262 g/mol. The Morgan fingerprint density at radius 1 is 1.42 bits per heavy atom. The molecule has 0 unspecified atom stereocenters. The Morgan fingerprint density at radius 2 is 2.05 bits per heavy atom. The van der Waals surface area contributed by atoms with Crippen LogP contribution >= 0.6 is 0 Å². The first-order chi connectivity index (χ1) is 9.02. The fraction of sp³-hybridized carbons (Fsp3) is 0.231. The number of hydrogen-bond acceptors (Lipinski definition) is 3. The first-order valence-electron chi connectivity index (χ1n) is 5.92. The summed E-state index contributed by atoms with van der Waals surface area (Å²) < 4.78 is 14.3. The van der Waals surface area contributed by atoms with Gasteiger partial charge in [-0.3, -0.25) is 9.48 Å². The molecule has 6 heteroatoms. The third-order valence-electron chi connectivity index (χ3n) is 2.79. The van der Waals surface area contributed by atoms with Crippen LogP contribution in [0.3, 0.4) is 0 Å². The summed E-state index contributed by atoms with van der Waals surface area (Å²) in [6, 6.07) is 5.54. The molecule has 0 atom stereocenters. The van der Waals surface area contributed by atoms with Gasteiger partial charge in [0.25, 0.3) is 5.91 Å². The number of rotatable bonds is 3. The van der Waals surface area contributed by atoms with Crippen molar-refractivity contribution in [3.63, 3.8) is 0 Å². The summed E-state index contributed by atoms with van der Waals surface area (Å²) in [6.07, 6.45) is 0. The number of halogens is 1. The molecule has 0 saturated heterocycles. The number of amides is 1. The lowest BCUT2D eigenvalue weighted by Crippen LogP contribution is -2.18. The second-order valence-electron chi connectivity index (χ2n) is 4.12. The maximum atomic E-state index is 12.8. The molecule has 0 aliphatic carbocycles. The molecule has 5 nitrogen and oxygen atoms in total. The summed E-state index contributed by atoms with van der Waals surface area (Å²) in [4.78, 5) is 12.2. The first-order valence-corrected chi connectivity index (χ1v) is 5.92. The van der Waals surface area contributed by atoms with Crippen LogP contribution in [0.1, 0.15) is 23.1 Å². The number of nitrogens with one attached hydrogen (secondary N) is 1. The van der Waals surface area contributed by atoms with Gasteiger partial charge in [-0.1, -0.05) is 0 Å². The summed E-state index contributed by atoms with van der Waals surface area (Å²) in [5.41, 5.74) is 7.66. The van der Waals surface area contributed by atoms with E-state index in [9.17, 15) is 9.18 Å². The van der Waals surface area contributed by atoms with Crippen LogP contribution in [-0.2, 0) is 6.54 Å². The lowest BCUT2D eigenvalue weighted by atomic mass is 10.2. The molecule has 19 heavy (non-hydrogen) atoms. The molecule has 0 spiro atoms. The van der Waals surface area contributed by atoms with Gasteiger partial charge in [-0.25, -0.2) is 4.39 Å². The van der Waals surface area contributed by atoms with Gasteiger partial charge in [0.15, 0.2) is 0 Å². The van der Waals surface area contributed by atoms with Crippen LogP contribution in [0, 0.1) is 12.7 Å². The topological polar surface area (TPSA) is 72.9 Å². The SMILES string of the molecule is CCn1nc(C)c(N)c1C(=O)Nc1ccc(F)cc1. The molecule has 2 rings (SSSR count). The second kappa shape index (κ2) is 5.09. The van der Waals surface area contributed by atoms with E-state index in [0.29, 0.717) is 29.3 Å². The van der Waals surface area contributed by atoms with Gasteiger partial charge in [0.2, 0.25) is 0 Å². The normalized spacial score (nSPS) is 10.5. The Bertz CT molecular complexity index is 604. The van der Waals surface area contributed by atoms with Crippen molar-refractivity contribution in [1.29, 1.82) is 0 Å². The van der Waals surface area contributed by atoms with E-state index in [0.717, 1.165) is 0 Å². The molecule has 0 radical (unpaired) electrons. The third kappa shape index (κ3) is 2.57. The van der Waals surface area contributed by atoms with Crippen LogP contribution in [-0.4, -0.2) is 15.7 Å². The standard InChI is InChI=1S/C13H15FN4O/c1-3-18-12(11(15)8(2)17-18)13(19)16-10-6-4-9(14)5-7-10/h4-7H,3,15H2,1-2H3,(H,16,19). The van der Waals surface area contributed by atoms with Crippen molar-refractivity contribution in [2.75, 3.05) is 11.1 Å². The van der Waals surface area contributed by atoms with Gasteiger partial charge >= 0.3 is 0 Å². The summed E-state index contributed by atoms with van der Waals surface area (Å²) in [5, 5.41) is 6.84. The number of nitrogens with zero attached hydrogens (tertiary/aromatic N) is 2. The maximum absolute atomic E-state index is 12.8. The Kier molecular flexibility index (Phi) is 3.50. The zero-order valence-corrected chi connectivity index (χ0v) is 10.8. The predicted molar refractivity (Wildman–Crippen MR) is 71.4 cm³/mol. The number of aromatic nitrogens is 2. The predicted octanol–water partition coefficient (Wildman–Crippen LogP) is 2.19. The molecule has 100 valence electrons. The summed E-state index contributed by atoms with van der Waals surface area (Å²) in [5.74, 6) is -0.710. The second-order valence-corrected chi connectivity index (χ2v) is 4.12. The van der Waals surface area contributed by atoms with E-state index >= 15 is 0 Å². The van der Waals surface area contributed by atoms with Crippen molar-refractivity contribution in [1.82, 2.24) is 9.78 Å². The minimum absolute atomic E-state index is 0.323. The Hall–Kier alpha value is -2.37. The minimum Gasteiger partial charge on any atom is -0.395 e. The molecule has 0 bridgehead atoms. The molecule has 0 aliphatic rings. The number of nitrogen functional groups attached to an aromatic ring is 1. The van der Waals surface area contributed by atoms with Gasteiger partial charge in [-0.05, 0) is 38.1 Å². The zero-order valence-electron chi connectivity index (χ0n) is 10.8. The van der Waals surface area contributed by atoms with E-state index in [2.05, 4.69) is 10.4 Å². The highest BCUT2D eigenvalue weighted by Gasteiger charge is 2.19. The molecule has 0 fully saturated rings. The number of nitrogens with two attached hydrogens (primary N) is 1. The van der Waals surface area contributed by atoms with E-state index in [1.807, 2.05) is 6.92 Å². The molecule has 1 heterocycles. The van der Waals surface area contributed by atoms with E-state index in [-0.39, 0.29) is 11.7 Å². The highest BCUT2D eigenvalue weighted by molar-refractivity contribution is 6.06. The zero-order chi connectivity index (χ0) is 14.0. The highest BCUT2D eigenvalue weighted by atomic mass is 19.1. The van der Waals surface area contributed by atoms with Crippen LogP contribution in [0.4, 0.5) is 15.8 Å². The molecule has 1 amide bonds. The lowest BCUT2D eigenvalue weighted by molar-refractivity contribution is 0.101. The summed E-state index contributed by atoms with van der Waals surface area (Å²) in [6.45, 7) is 4.17. The maximum Gasteiger partial charge on any atom is 0.276 e.